The van der Waals surface area contributed by atoms with Gasteiger partial charge in [-0.25, -0.2) is 0 Å². The molecular weight excluding hydrogens is 416 g/mol. The minimum absolute atomic E-state index is 0.0794. The average molecular weight is 451 g/mol. The molecule has 176 valence electrons. The van der Waals surface area contributed by atoms with Crippen molar-refractivity contribution in [2.24, 2.45) is 11.7 Å². The first-order valence-corrected chi connectivity index (χ1v) is 11.8. The Morgan fingerprint density at radius 1 is 1.03 bits per heavy atom. The number of carbonyl (C=O) groups is 3. The van der Waals surface area contributed by atoms with Crippen molar-refractivity contribution in [2.75, 3.05) is 7.05 Å². The first kappa shape index (κ1) is 24.4. The number of aryl methyl sites for hydroxylation is 1. The van der Waals surface area contributed by atoms with Gasteiger partial charge in [-0.15, -0.1) is 0 Å². The lowest BCUT2D eigenvalue weighted by Crippen LogP contribution is -2.48. The maximum Gasteiger partial charge on any atom is 0.267 e. The molecule has 1 aliphatic rings. The van der Waals surface area contributed by atoms with E-state index in [-0.39, 0.29) is 23.4 Å². The molecule has 33 heavy (non-hydrogen) atoms. The van der Waals surface area contributed by atoms with Gasteiger partial charge in [0.15, 0.2) is 0 Å². The van der Waals surface area contributed by atoms with Gasteiger partial charge in [-0.3, -0.25) is 19.4 Å². The minimum atomic E-state index is -0.648. The highest BCUT2D eigenvalue weighted by atomic mass is 16.2. The van der Waals surface area contributed by atoms with Gasteiger partial charge >= 0.3 is 0 Å². The number of hydrogen-bond donors (Lipinski definition) is 3. The highest BCUT2D eigenvalue weighted by Crippen LogP contribution is 2.37. The van der Waals surface area contributed by atoms with Gasteiger partial charge in [0.1, 0.15) is 11.7 Å². The van der Waals surface area contributed by atoms with Crippen molar-refractivity contribution in [3.05, 3.63) is 65.5 Å². The highest BCUT2D eigenvalue weighted by molar-refractivity contribution is 5.96. The maximum absolute atomic E-state index is 13.6. The third kappa shape index (κ3) is 6.63. The van der Waals surface area contributed by atoms with E-state index in [0.717, 1.165) is 44.9 Å². The number of amides is 3. The van der Waals surface area contributed by atoms with E-state index in [1.54, 1.807) is 19.2 Å². The normalized spacial score (nSPS) is 15.9. The van der Waals surface area contributed by atoms with E-state index < -0.39 is 17.9 Å². The Kier molecular flexibility index (Phi) is 8.98. The van der Waals surface area contributed by atoms with Gasteiger partial charge < -0.3 is 16.4 Å². The van der Waals surface area contributed by atoms with Crippen molar-refractivity contribution in [1.29, 1.82) is 0 Å². The summed E-state index contributed by atoms with van der Waals surface area (Å²) >= 11 is 0. The Bertz CT molecular complexity index is 942. The minimum Gasteiger partial charge on any atom is -0.364 e. The lowest BCUT2D eigenvalue weighted by molar-refractivity contribution is -0.130. The number of carbonyl (C=O) groups excluding carboxylic acids is 3. The van der Waals surface area contributed by atoms with Crippen LogP contribution in [0.3, 0.4) is 0 Å². The number of primary amides is 1. The van der Waals surface area contributed by atoms with Crippen LogP contribution < -0.4 is 16.4 Å². The molecule has 0 aliphatic heterocycles. The fourth-order valence-electron chi connectivity index (χ4n) is 4.81. The summed E-state index contributed by atoms with van der Waals surface area (Å²) in [4.78, 5) is 42.4. The Balaban J connectivity index is 1.79. The van der Waals surface area contributed by atoms with Crippen LogP contribution >= 0.6 is 0 Å². The summed E-state index contributed by atoms with van der Waals surface area (Å²) in [5.74, 6) is -1.60. The maximum atomic E-state index is 13.6. The molecule has 4 N–H and O–H groups in total. The molecule has 1 saturated carbocycles. The zero-order chi connectivity index (χ0) is 23.6. The predicted octanol–water partition coefficient (Wildman–Crippen LogP) is 3.10. The molecule has 1 aromatic heterocycles. The molecule has 0 radical (unpaired) electrons. The largest absolute Gasteiger partial charge is 0.364 e. The summed E-state index contributed by atoms with van der Waals surface area (Å²) in [6.45, 7) is 0. The molecular formula is C26H34N4O3. The lowest BCUT2D eigenvalue weighted by atomic mass is 9.75. The van der Waals surface area contributed by atoms with Crippen LogP contribution in [0.15, 0.2) is 48.7 Å². The van der Waals surface area contributed by atoms with E-state index in [9.17, 15) is 14.4 Å². The van der Waals surface area contributed by atoms with Crippen molar-refractivity contribution < 1.29 is 14.4 Å². The van der Waals surface area contributed by atoms with E-state index in [0.29, 0.717) is 12.0 Å². The number of nitrogens with one attached hydrogen (secondary N) is 2. The Morgan fingerprint density at radius 2 is 1.76 bits per heavy atom. The van der Waals surface area contributed by atoms with Crippen LogP contribution in [0.4, 0.5) is 0 Å². The number of nitrogens with two attached hydrogens (primary N) is 1. The number of aromatic nitrogens is 1. The van der Waals surface area contributed by atoms with Crippen LogP contribution in [-0.4, -0.2) is 35.8 Å². The van der Waals surface area contributed by atoms with Gasteiger partial charge in [-0.2, -0.15) is 0 Å². The first-order chi connectivity index (χ1) is 16.0. The Morgan fingerprint density at radius 3 is 2.42 bits per heavy atom. The van der Waals surface area contributed by atoms with Crippen molar-refractivity contribution in [3.8, 4) is 0 Å². The molecule has 3 rings (SSSR count). The Labute approximate surface area is 195 Å². The molecule has 1 heterocycles. The molecule has 0 unspecified atom stereocenters. The standard InChI is InChI=1S/C26H34N4O3/c1-28-25(32)21(16-8-12-18-10-4-2-5-11-18)30-26(33)22(19-13-6-3-7-14-19)20-15-9-17-29-23(20)24(27)31/h2,4-5,9-11,15,17,19,21-22H,3,6-8,12-14,16H2,1H3,(H2,27,31)(H,28,32)(H,30,33)/t21-,22-/m1/s1. The second-order valence-electron chi connectivity index (χ2n) is 8.73. The van der Waals surface area contributed by atoms with E-state index in [2.05, 4.69) is 27.8 Å². The number of hydrogen-bond acceptors (Lipinski definition) is 4. The van der Waals surface area contributed by atoms with Crippen LogP contribution in [0.2, 0.25) is 0 Å². The average Bonchev–Trinajstić information content (AvgIpc) is 2.84. The van der Waals surface area contributed by atoms with Crippen molar-refractivity contribution in [1.82, 2.24) is 15.6 Å². The SMILES string of the molecule is CNC(=O)[C@@H](CCCc1ccccc1)NC(=O)[C@@H](c1cccnc1C(N)=O)C1CCCCC1. The molecule has 0 spiro atoms. The van der Waals surface area contributed by atoms with Crippen LogP contribution in [0.5, 0.6) is 0 Å². The third-order valence-corrected chi connectivity index (χ3v) is 6.49. The number of likely N-dealkylation sites (N-methyl/N-ethyl adjacent to an activating group) is 1. The van der Waals surface area contributed by atoms with Gasteiger partial charge in [0.2, 0.25) is 11.8 Å². The smallest absolute Gasteiger partial charge is 0.267 e. The van der Waals surface area contributed by atoms with Gasteiger partial charge in [-0.05, 0) is 55.2 Å². The molecule has 0 saturated heterocycles. The van der Waals surface area contributed by atoms with Gasteiger partial charge in [-0.1, -0.05) is 55.7 Å². The topological polar surface area (TPSA) is 114 Å². The van der Waals surface area contributed by atoms with Crippen molar-refractivity contribution in [2.45, 2.75) is 63.3 Å². The van der Waals surface area contributed by atoms with Gasteiger partial charge in [0.25, 0.3) is 5.91 Å². The van der Waals surface area contributed by atoms with E-state index in [1.165, 1.54) is 11.8 Å². The number of benzene rings is 1. The van der Waals surface area contributed by atoms with Crippen molar-refractivity contribution >= 4 is 17.7 Å². The van der Waals surface area contributed by atoms with Crippen LogP contribution in [-0.2, 0) is 16.0 Å². The van der Waals surface area contributed by atoms with Crippen molar-refractivity contribution in [3.63, 3.8) is 0 Å². The molecule has 3 amide bonds. The van der Waals surface area contributed by atoms with Crippen LogP contribution in [0.1, 0.15) is 72.5 Å². The van der Waals surface area contributed by atoms with Gasteiger partial charge in [0.05, 0.1) is 5.92 Å². The molecule has 2 aromatic rings. The molecule has 1 fully saturated rings. The molecule has 7 nitrogen and oxygen atoms in total. The molecule has 1 aliphatic carbocycles. The second-order valence-corrected chi connectivity index (χ2v) is 8.73. The Hall–Kier alpha value is -3.22. The summed E-state index contributed by atoms with van der Waals surface area (Å²) in [6, 6.07) is 12.9. The summed E-state index contributed by atoms with van der Waals surface area (Å²) in [5, 5.41) is 5.65. The van der Waals surface area contributed by atoms with E-state index >= 15 is 0 Å². The number of rotatable bonds is 10. The van der Waals surface area contributed by atoms with Crippen LogP contribution in [0, 0.1) is 5.92 Å². The number of nitrogens with zero attached hydrogens (tertiary/aromatic N) is 1. The van der Waals surface area contributed by atoms with E-state index in [4.69, 9.17) is 5.73 Å². The molecule has 0 bridgehead atoms. The predicted molar refractivity (Wildman–Crippen MR) is 127 cm³/mol. The summed E-state index contributed by atoms with van der Waals surface area (Å²) in [7, 11) is 1.57. The lowest BCUT2D eigenvalue weighted by Gasteiger charge is -2.31. The highest BCUT2D eigenvalue weighted by Gasteiger charge is 2.35. The quantitative estimate of drug-likeness (QED) is 0.516. The fraction of sp³-hybridized carbons (Fsp3) is 0.462. The summed E-state index contributed by atoms with van der Waals surface area (Å²) in [5.41, 5.74) is 7.45. The summed E-state index contributed by atoms with van der Waals surface area (Å²) in [6.07, 6.45) is 8.62. The molecule has 1 aromatic carbocycles. The zero-order valence-corrected chi connectivity index (χ0v) is 19.3. The fourth-order valence-corrected chi connectivity index (χ4v) is 4.81. The summed E-state index contributed by atoms with van der Waals surface area (Å²) < 4.78 is 0. The first-order valence-electron chi connectivity index (χ1n) is 11.8. The van der Waals surface area contributed by atoms with Crippen LogP contribution in [0.25, 0.3) is 0 Å². The van der Waals surface area contributed by atoms with E-state index in [1.807, 2.05) is 18.2 Å². The second kappa shape index (κ2) is 12.1. The number of pyridine rings is 1. The molecule has 7 heteroatoms. The zero-order valence-electron chi connectivity index (χ0n) is 19.3. The monoisotopic (exact) mass is 450 g/mol. The molecule has 2 atom stereocenters. The third-order valence-electron chi connectivity index (χ3n) is 6.49. The van der Waals surface area contributed by atoms with Gasteiger partial charge in [0, 0.05) is 13.2 Å².